The van der Waals surface area contributed by atoms with E-state index in [4.69, 9.17) is 0 Å². The van der Waals surface area contributed by atoms with Gasteiger partial charge >= 0.3 is 0 Å². The average molecular weight is 663 g/mol. The molecule has 0 spiro atoms. The highest BCUT2D eigenvalue weighted by Crippen LogP contribution is 2.56. The van der Waals surface area contributed by atoms with Crippen LogP contribution >= 0.6 is 0 Å². The van der Waals surface area contributed by atoms with Gasteiger partial charge in [-0.25, -0.2) is 19.9 Å². The van der Waals surface area contributed by atoms with Crippen LogP contribution in [0.4, 0.5) is 0 Å². The van der Waals surface area contributed by atoms with E-state index < -0.39 is 0 Å². The molecule has 2 heterocycles. The fraction of sp³-hybridized carbons (Fsp3) is 0. The number of nitrogens with zero attached hydrogens (tertiary/aromatic N) is 4. The van der Waals surface area contributed by atoms with Crippen LogP contribution in [0.3, 0.4) is 0 Å². The summed E-state index contributed by atoms with van der Waals surface area (Å²) in [6, 6.07) is 53.0. The molecule has 52 heavy (non-hydrogen) atoms. The van der Waals surface area contributed by atoms with Gasteiger partial charge < -0.3 is 0 Å². The second-order valence-electron chi connectivity index (χ2n) is 13.2. The molecule has 2 aromatic heterocycles. The van der Waals surface area contributed by atoms with Gasteiger partial charge in [-0.1, -0.05) is 127 Å². The van der Waals surface area contributed by atoms with Crippen LogP contribution in [-0.4, -0.2) is 19.9 Å². The van der Waals surface area contributed by atoms with E-state index in [-0.39, 0.29) is 0 Å². The van der Waals surface area contributed by atoms with Gasteiger partial charge in [-0.05, 0) is 107 Å². The van der Waals surface area contributed by atoms with Crippen molar-refractivity contribution in [3.8, 4) is 89.0 Å². The van der Waals surface area contributed by atoms with Crippen molar-refractivity contribution >= 4 is 10.8 Å². The lowest BCUT2D eigenvalue weighted by molar-refractivity contribution is 1.17. The highest BCUT2D eigenvalue weighted by Gasteiger charge is 2.29. The molecular formula is C48H30N4. The smallest absolute Gasteiger partial charge is 0.115 e. The third-order valence-corrected chi connectivity index (χ3v) is 10.2. The summed E-state index contributed by atoms with van der Waals surface area (Å²) in [4.78, 5) is 17.1. The molecule has 0 aliphatic heterocycles. The zero-order valence-electron chi connectivity index (χ0n) is 28.1. The van der Waals surface area contributed by atoms with Gasteiger partial charge in [-0.2, -0.15) is 0 Å². The minimum Gasteiger partial charge on any atom is -0.244 e. The second kappa shape index (κ2) is 12.4. The predicted octanol–water partition coefficient (Wildman–Crippen LogP) is 12.1. The van der Waals surface area contributed by atoms with Crippen molar-refractivity contribution in [2.24, 2.45) is 0 Å². The quantitative estimate of drug-likeness (QED) is 0.178. The molecule has 9 aromatic rings. The van der Waals surface area contributed by atoms with Crippen molar-refractivity contribution < 1.29 is 0 Å². The second-order valence-corrected chi connectivity index (χ2v) is 13.2. The van der Waals surface area contributed by atoms with Gasteiger partial charge in [0.15, 0.2) is 0 Å². The molecule has 1 aliphatic rings. The van der Waals surface area contributed by atoms with Crippen LogP contribution in [-0.2, 0) is 0 Å². The largest absolute Gasteiger partial charge is 0.244 e. The molecule has 7 aromatic carbocycles. The van der Waals surface area contributed by atoms with E-state index in [1.54, 1.807) is 12.7 Å². The molecule has 1 aliphatic carbocycles. The van der Waals surface area contributed by atoms with Crippen molar-refractivity contribution in [3.63, 3.8) is 0 Å². The van der Waals surface area contributed by atoms with E-state index in [1.165, 1.54) is 66.4 Å². The van der Waals surface area contributed by atoms with E-state index in [9.17, 15) is 0 Å². The van der Waals surface area contributed by atoms with E-state index in [0.29, 0.717) is 0 Å². The summed E-state index contributed by atoms with van der Waals surface area (Å²) in [5, 5.41) is 2.53. The first-order valence-corrected chi connectivity index (χ1v) is 17.4. The Bertz CT molecular complexity index is 2660. The summed E-state index contributed by atoms with van der Waals surface area (Å²) in [6.07, 6.45) is 10.6. The van der Waals surface area contributed by atoms with Crippen molar-refractivity contribution in [1.82, 2.24) is 19.9 Å². The van der Waals surface area contributed by atoms with E-state index in [1.807, 2.05) is 24.8 Å². The third-order valence-electron chi connectivity index (χ3n) is 10.2. The monoisotopic (exact) mass is 662 g/mol. The normalized spacial score (nSPS) is 11.5. The molecule has 242 valence electrons. The Morgan fingerprint density at radius 1 is 0.269 bits per heavy atom. The van der Waals surface area contributed by atoms with E-state index in [2.05, 4.69) is 166 Å². The number of benzene rings is 7. The molecule has 4 nitrogen and oxygen atoms in total. The molecule has 0 N–H and O–H groups in total. The molecule has 0 saturated carbocycles. The number of aromatic nitrogens is 4. The Kier molecular flexibility index (Phi) is 7.10. The SMILES string of the molecule is c1ccc(-c2cccc(-c3ccc4c5c(cccc35)-c3c(-c5cccc(-c6cncnc6)c5)ccc(-c5cccc(-c6cncnc6)c5)c3-4)c2)cc1. The minimum absolute atomic E-state index is 0.993. The molecule has 0 fully saturated rings. The van der Waals surface area contributed by atoms with Crippen LogP contribution in [0, 0.1) is 0 Å². The van der Waals surface area contributed by atoms with Crippen LogP contribution in [0.5, 0.6) is 0 Å². The molecule has 0 amide bonds. The molecule has 0 atom stereocenters. The van der Waals surface area contributed by atoms with Crippen LogP contribution in [0.1, 0.15) is 0 Å². The van der Waals surface area contributed by atoms with Crippen molar-refractivity contribution in [1.29, 1.82) is 0 Å². The maximum atomic E-state index is 4.29. The van der Waals surface area contributed by atoms with Crippen LogP contribution in [0.15, 0.2) is 183 Å². The maximum absolute atomic E-state index is 4.29. The summed E-state index contributed by atoms with van der Waals surface area (Å²) in [7, 11) is 0. The average Bonchev–Trinajstić information content (AvgIpc) is 3.57. The number of hydrogen-bond acceptors (Lipinski definition) is 4. The Labute approximate surface area is 301 Å². The summed E-state index contributed by atoms with van der Waals surface area (Å²) in [5.74, 6) is 0. The standard InChI is InChI=1S/C48H30N4/c1-2-8-31(9-3-1)32-10-4-13-35(22-32)40-18-21-45-46-43(40)16-7-17-44(46)47-41(36-14-5-11-33(23-36)38-25-49-29-50-26-38)19-20-42(48(45)47)37-15-6-12-34(24-37)39-27-51-30-52-28-39/h1-30H. The minimum atomic E-state index is 0.993. The van der Waals surface area contributed by atoms with Crippen molar-refractivity contribution in [3.05, 3.63) is 183 Å². The Balaban J connectivity index is 1.21. The first-order valence-electron chi connectivity index (χ1n) is 17.4. The Morgan fingerprint density at radius 3 is 1.23 bits per heavy atom. The fourth-order valence-electron chi connectivity index (χ4n) is 7.84. The van der Waals surface area contributed by atoms with Gasteiger partial charge in [-0.15, -0.1) is 0 Å². The van der Waals surface area contributed by atoms with Gasteiger partial charge in [0.25, 0.3) is 0 Å². The molecule has 4 heteroatoms. The zero-order chi connectivity index (χ0) is 34.4. The summed E-state index contributed by atoms with van der Waals surface area (Å²) >= 11 is 0. The summed E-state index contributed by atoms with van der Waals surface area (Å²) in [6.45, 7) is 0. The van der Waals surface area contributed by atoms with Gasteiger partial charge in [-0.3, -0.25) is 0 Å². The van der Waals surface area contributed by atoms with Crippen LogP contribution in [0.25, 0.3) is 99.8 Å². The zero-order valence-corrected chi connectivity index (χ0v) is 28.1. The van der Waals surface area contributed by atoms with Crippen molar-refractivity contribution in [2.45, 2.75) is 0 Å². The molecule has 0 unspecified atom stereocenters. The highest BCUT2D eigenvalue weighted by molar-refractivity contribution is 6.23. The highest BCUT2D eigenvalue weighted by atomic mass is 14.8. The lowest BCUT2D eigenvalue weighted by atomic mass is 9.86. The first-order chi connectivity index (χ1) is 25.8. The first kappa shape index (κ1) is 29.8. The van der Waals surface area contributed by atoms with Crippen LogP contribution in [0.2, 0.25) is 0 Å². The van der Waals surface area contributed by atoms with Gasteiger partial charge in [0.2, 0.25) is 0 Å². The number of rotatable bonds is 6. The molecule has 0 bridgehead atoms. The molecular weight excluding hydrogens is 633 g/mol. The number of hydrogen-bond donors (Lipinski definition) is 0. The summed E-state index contributed by atoms with van der Waals surface area (Å²) < 4.78 is 0. The van der Waals surface area contributed by atoms with E-state index >= 15 is 0 Å². The Hall–Kier alpha value is -7.04. The third kappa shape index (κ3) is 5.00. The molecule has 0 saturated heterocycles. The topological polar surface area (TPSA) is 51.6 Å². The Morgan fingerprint density at radius 2 is 0.673 bits per heavy atom. The van der Waals surface area contributed by atoms with Gasteiger partial charge in [0.1, 0.15) is 12.7 Å². The molecule has 0 radical (unpaired) electrons. The lowest BCUT2D eigenvalue weighted by Crippen LogP contribution is -1.91. The summed E-state index contributed by atoms with van der Waals surface area (Å²) in [5.41, 5.74) is 18.7. The van der Waals surface area contributed by atoms with E-state index in [0.717, 1.165) is 33.4 Å². The lowest BCUT2D eigenvalue weighted by Gasteiger charge is -2.17. The van der Waals surface area contributed by atoms with Gasteiger partial charge in [0.05, 0.1) is 0 Å². The van der Waals surface area contributed by atoms with Gasteiger partial charge in [0, 0.05) is 35.9 Å². The number of fused-ring (bicyclic) bond motifs is 3. The van der Waals surface area contributed by atoms with Crippen molar-refractivity contribution in [2.75, 3.05) is 0 Å². The fourth-order valence-corrected chi connectivity index (χ4v) is 7.84. The van der Waals surface area contributed by atoms with Crippen LogP contribution < -0.4 is 0 Å². The maximum Gasteiger partial charge on any atom is 0.115 e. The predicted molar refractivity (Wildman–Crippen MR) is 212 cm³/mol. The molecule has 10 rings (SSSR count).